The summed E-state index contributed by atoms with van der Waals surface area (Å²) < 4.78 is 39.5. The van der Waals surface area contributed by atoms with E-state index in [1.165, 1.54) is 12.1 Å². The van der Waals surface area contributed by atoms with Gasteiger partial charge in [-0.1, -0.05) is 36.4 Å². The highest BCUT2D eigenvalue weighted by atomic mass is 19.4. The number of halogens is 3. The van der Waals surface area contributed by atoms with Gasteiger partial charge in [0.2, 0.25) is 0 Å². The molecule has 1 N–H and O–H groups in total. The Balaban J connectivity index is 1.42. The first-order valence-electron chi connectivity index (χ1n) is 9.03. The Hall–Kier alpha value is -2.87. The van der Waals surface area contributed by atoms with E-state index < -0.39 is 11.7 Å². The molecule has 2 heterocycles. The lowest BCUT2D eigenvalue weighted by Gasteiger charge is -2.34. The highest BCUT2D eigenvalue weighted by Gasteiger charge is 2.33. The maximum atomic E-state index is 13.2. The molecular weight excluding hydrogens is 369 g/mol. The molecule has 0 spiro atoms. The Morgan fingerprint density at radius 2 is 1.68 bits per heavy atom. The van der Waals surface area contributed by atoms with Gasteiger partial charge in [0.15, 0.2) is 5.69 Å². The van der Waals surface area contributed by atoms with E-state index in [0.717, 1.165) is 17.0 Å². The zero-order chi connectivity index (χ0) is 19.7. The number of aromatic amines is 1. The molecule has 0 bridgehead atoms. The molecule has 28 heavy (non-hydrogen) atoms. The van der Waals surface area contributed by atoms with Crippen molar-refractivity contribution in [2.75, 3.05) is 26.2 Å². The van der Waals surface area contributed by atoms with Crippen molar-refractivity contribution in [1.29, 1.82) is 0 Å². The number of para-hydroxylation sites is 1. The fourth-order valence-corrected chi connectivity index (χ4v) is 3.56. The average molecular weight is 388 g/mol. The monoisotopic (exact) mass is 388 g/mol. The van der Waals surface area contributed by atoms with Gasteiger partial charge < -0.3 is 4.90 Å². The summed E-state index contributed by atoms with van der Waals surface area (Å²) in [6, 6.07) is 13.1. The molecule has 1 fully saturated rings. The minimum Gasteiger partial charge on any atom is -0.335 e. The van der Waals surface area contributed by atoms with Gasteiger partial charge in [0.05, 0.1) is 11.1 Å². The topological polar surface area (TPSA) is 52.2 Å². The molecule has 1 saturated heterocycles. The second-order valence-corrected chi connectivity index (χ2v) is 6.84. The van der Waals surface area contributed by atoms with Crippen LogP contribution >= 0.6 is 0 Å². The smallest absolute Gasteiger partial charge is 0.335 e. The number of hydrogen-bond acceptors (Lipinski definition) is 3. The molecule has 1 aliphatic rings. The number of nitrogens with zero attached hydrogens (tertiary/aromatic N) is 3. The third kappa shape index (κ3) is 3.60. The van der Waals surface area contributed by atoms with E-state index in [2.05, 4.69) is 10.2 Å². The Kier molecular flexibility index (Phi) is 4.80. The summed E-state index contributed by atoms with van der Waals surface area (Å²) in [6.45, 7) is 2.14. The molecule has 1 amide bonds. The zero-order valence-corrected chi connectivity index (χ0v) is 15.0. The van der Waals surface area contributed by atoms with Gasteiger partial charge >= 0.3 is 6.18 Å². The predicted molar refractivity (Wildman–Crippen MR) is 98.7 cm³/mol. The highest BCUT2D eigenvalue weighted by molar-refractivity contribution is 6.04. The number of nitrogens with one attached hydrogen (secondary N) is 1. The molecule has 0 saturated carbocycles. The molecule has 5 nitrogen and oxygen atoms in total. The molecular formula is C20H19F3N4O. The van der Waals surface area contributed by atoms with E-state index in [1.54, 1.807) is 11.0 Å². The number of amides is 1. The summed E-state index contributed by atoms with van der Waals surface area (Å²) in [5.41, 5.74) is 0.837. The van der Waals surface area contributed by atoms with Crippen molar-refractivity contribution in [2.24, 2.45) is 0 Å². The van der Waals surface area contributed by atoms with Crippen molar-refractivity contribution in [2.45, 2.75) is 12.7 Å². The lowest BCUT2D eigenvalue weighted by molar-refractivity contribution is -0.138. The summed E-state index contributed by atoms with van der Waals surface area (Å²) in [4.78, 5) is 16.4. The molecule has 0 aliphatic carbocycles. The van der Waals surface area contributed by atoms with Gasteiger partial charge in [0.1, 0.15) is 0 Å². The SMILES string of the molecule is O=C(c1n[nH]c2ccccc12)N1CCN(Cc2ccccc2C(F)(F)F)CC1. The first-order chi connectivity index (χ1) is 13.4. The van der Waals surface area contributed by atoms with E-state index in [-0.39, 0.29) is 18.0 Å². The highest BCUT2D eigenvalue weighted by Crippen LogP contribution is 2.32. The molecule has 146 valence electrons. The largest absolute Gasteiger partial charge is 0.416 e. The van der Waals surface area contributed by atoms with Gasteiger partial charge in [0.25, 0.3) is 5.91 Å². The van der Waals surface area contributed by atoms with Crippen LogP contribution in [0.2, 0.25) is 0 Å². The zero-order valence-electron chi connectivity index (χ0n) is 15.0. The van der Waals surface area contributed by atoms with E-state index in [9.17, 15) is 18.0 Å². The minimum atomic E-state index is -4.37. The Bertz CT molecular complexity index is 990. The molecule has 4 rings (SSSR count). The molecule has 1 aromatic heterocycles. The van der Waals surface area contributed by atoms with Crippen LogP contribution in [0.4, 0.5) is 13.2 Å². The molecule has 1 aliphatic heterocycles. The first kappa shape index (κ1) is 18.5. The van der Waals surface area contributed by atoms with Crippen LogP contribution in [0, 0.1) is 0 Å². The Morgan fingerprint density at radius 1 is 1.00 bits per heavy atom. The Morgan fingerprint density at radius 3 is 2.43 bits per heavy atom. The maximum absolute atomic E-state index is 13.2. The maximum Gasteiger partial charge on any atom is 0.416 e. The van der Waals surface area contributed by atoms with E-state index >= 15 is 0 Å². The summed E-state index contributed by atoms with van der Waals surface area (Å²) in [7, 11) is 0. The van der Waals surface area contributed by atoms with Crippen LogP contribution in [-0.2, 0) is 12.7 Å². The number of alkyl halides is 3. The number of benzene rings is 2. The predicted octanol–water partition coefficient (Wildman–Crippen LogP) is 3.54. The number of carbonyl (C=O) groups excluding carboxylic acids is 1. The number of piperazine rings is 1. The molecule has 8 heteroatoms. The number of H-pyrrole nitrogens is 1. The van der Waals surface area contributed by atoms with Gasteiger partial charge in [0, 0.05) is 38.1 Å². The lowest BCUT2D eigenvalue weighted by Crippen LogP contribution is -2.48. The number of aromatic nitrogens is 2. The molecule has 0 atom stereocenters. The summed E-state index contributed by atoms with van der Waals surface area (Å²) >= 11 is 0. The quantitative estimate of drug-likeness (QED) is 0.747. The van der Waals surface area contributed by atoms with Crippen molar-refractivity contribution in [1.82, 2.24) is 20.0 Å². The van der Waals surface area contributed by atoms with Crippen LogP contribution in [0.15, 0.2) is 48.5 Å². The average Bonchev–Trinajstić information content (AvgIpc) is 3.12. The van der Waals surface area contributed by atoms with Gasteiger partial charge in [-0.3, -0.25) is 14.8 Å². The van der Waals surface area contributed by atoms with Crippen LogP contribution in [0.3, 0.4) is 0 Å². The van der Waals surface area contributed by atoms with Crippen LogP contribution in [0.5, 0.6) is 0 Å². The summed E-state index contributed by atoms with van der Waals surface area (Å²) in [6.07, 6.45) is -4.37. The fraction of sp³-hybridized carbons (Fsp3) is 0.300. The van der Waals surface area contributed by atoms with Crippen molar-refractivity contribution in [3.05, 3.63) is 65.4 Å². The first-order valence-corrected chi connectivity index (χ1v) is 9.03. The van der Waals surface area contributed by atoms with Crippen LogP contribution in [0.1, 0.15) is 21.6 Å². The number of carbonyl (C=O) groups is 1. The summed E-state index contributed by atoms with van der Waals surface area (Å²) in [5, 5.41) is 7.77. The second-order valence-electron chi connectivity index (χ2n) is 6.84. The second kappa shape index (κ2) is 7.27. The molecule has 0 unspecified atom stereocenters. The van der Waals surface area contributed by atoms with Crippen LogP contribution in [-0.4, -0.2) is 52.1 Å². The van der Waals surface area contributed by atoms with Crippen molar-refractivity contribution < 1.29 is 18.0 Å². The van der Waals surface area contributed by atoms with Gasteiger partial charge in [-0.05, 0) is 17.7 Å². The summed E-state index contributed by atoms with van der Waals surface area (Å²) in [5.74, 6) is -0.159. The van der Waals surface area contributed by atoms with E-state index in [1.807, 2.05) is 29.2 Å². The number of fused-ring (bicyclic) bond motifs is 1. The molecule has 0 radical (unpaired) electrons. The lowest BCUT2D eigenvalue weighted by atomic mass is 10.1. The van der Waals surface area contributed by atoms with E-state index in [4.69, 9.17) is 0 Å². The number of hydrogen-bond donors (Lipinski definition) is 1. The van der Waals surface area contributed by atoms with Crippen molar-refractivity contribution >= 4 is 16.8 Å². The third-order valence-electron chi connectivity index (χ3n) is 5.05. The fourth-order valence-electron chi connectivity index (χ4n) is 3.56. The number of rotatable bonds is 3. The normalized spacial score (nSPS) is 15.9. The van der Waals surface area contributed by atoms with Gasteiger partial charge in [-0.2, -0.15) is 18.3 Å². The standard InChI is InChI=1S/C20H19F3N4O/c21-20(22,23)16-7-3-1-5-14(16)13-26-9-11-27(12-10-26)19(28)18-15-6-2-4-8-17(15)24-25-18/h1-8H,9-13H2,(H,24,25). The molecule has 2 aromatic carbocycles. The van der Waals surface area contributed by atoms with E-state index in [0.29, 0.717) is 31.9 Å². The van der Waals surface area contributed by atoms with Gasteiger partial charge in [-0.25, -0.2) is 0 Å². The van der Waals surface area contributed by atoms with Crippen LogP contribution < -0.4 is 0 Å². The van der Waals surface area contributed by atoms with Crippen LogP contribution in [0.25, 0.3) is 10.9 Å². The van der Waals surface area contributed by atoms with Gasteiger partial charge in [-0.15, -0.1) is 0 Å². The van der Waals surface area contributed by atoms with Crippen molar-refractivity contribution in [3.8, 4) is 0 Å². The molecule has 3 aromatic rings. The third-order valence-corrected chi connectivity index (χ3v) is 5.05. The van der Waals surface area contributed by atoms with Crippen molar-refractivity contribution in [3.63, 3.8) is 0 Å². The minimum absolute atomic E-state index is 0.159. The Labute approximate surface area is 159 Å².